The third-order valence-electron chi connectivity index (χ3n) is 3.55. The van der Waals surface area contributed by atoms with Crippen LogP contribution < -0.4 is 20.1 Å². The summed E-state index contributed by atoms with van der Waals surface area (Å²) >= 11 is 1.74. The lowest BCUT2D eigenvalue weighted by Gasteiger charge is -2.14. The Labute approximate surface area is 154 Å². The molecule has 25 heavy (non-hydrogen) atoms. The van der Waals surface area contributed by atoms with E-state index < -0.39 is 0 Å². The van der Waals surface area contributed by atoms with Crippen LogP contribution in [-0.4, -0.2) is 32.8 Å². The van der Waals surface area contributed by atoms with Gasteiger partial charge < -0.3 is 20.1 Å². The van der Waals surface area contributed by atoms with E-state index in [1.807, 2.05) is 19.9 Å². The van der Waals surface area contributed by atoms with Gasteiger partial charge in [-0.15, -0.1) is 11.3 Å². The van der Waals surface area contributed by atoms with Crippen molar-refractivity contribution in [3.8, 4) is 11.5 Å². The molecule has 0 aliphatic rings. The van der Waals surface area contributed by atoms with Gasteiger partial charge in [0.2, 0.25) is 0 Å². The SMILES string of the molecule is CCOc1ccc(CCNC(=NC)NCc2cccs2)cc1OCC. The Morgan fingerprint density at radius 1 is 1.08 bits per heavy atom. The van der Waals surface area contributed by atoms with Crippen LogP contribution in [0, 0.1) is 0 Å². The summed E-state index contributed by atoms with van der Waals surface area (Å²) in [6.45, 7) is 6.79. The second-order valence-corrected chi connectivity index (χ2v) is 6.36. The van der Waals surface area contributed by atoms with Gasteiger partial charge in [-0.2, -0.15) is 0 Å². The predicted molar refractivity (Wildman–Crippen MR) is 105 cm³/mol. The van der Waals surface area contributed by atoms with Crippen LogP contribution in [0.15, 0.2) is 40.7 Å². The summed E-state index contributed by atoms with van der Waals surface area (Å²) < 4.78 is 11.3. The zero-order chi connectivity index (χ0) is 17.9. The minimum Gasteiger partial charge on any atom is -0.490 e. The van der Waals surface area contributed by atoms with Gasteiger partial charge in [-0.25, -0.2) is 0 Å². The Kier molecular flexibility index (Phi) is 8.12. The zero-order valence-corrected chi connectivity index (χ0v) is 16.0. The first-order valence-electron chi connectivity index (χ1n) is 8.62. The standard InChI is InChI=1S/C19H27N3O2S/c1-4-23-17-9-8-15(13-18(17)24-5-2)10-11-21-19(20-3)22-14-16-7-6-12-25-16/h6-9,12-13H,4-5,10-11,14H2,1-3H3,(H2,20,21,22). The molecule has 0 radical (unpaired) electrons. The van der Waals surface area contributed by atoms with Gasteiger partial charge in [-0.05, 0) is 49.4 Å². The van der Waals surface area contributed by atoms with Crippen LogP contribution in [0.1, 0.15) is 24.3 Å². The van der Waals surface area contributed by atoms with Gasteiger partial charge in [0.15, 0.2) is 17.5 Å². The van der Waals surface area contributed by atoms with Crippen molar-refractivity contribution in [1.29, 1.82) is 0 Å². The summed E-state index contributed by atoms with van der Waals surface area (Å²) in [6.07, 6.45) is 0.881. The molecule has 0 aliphatic carbocycles. The van der Waals surface area contributed by atoms with Crippen LogP contribution in [-0.2, 0) is 13.0 Å². The van der Waals surface area contributed by atoms with Crippen molar-refractivity contribution in [2.45, 2.75) is 26.8 Å². The molecule has 0 saturated carbocycles. The van der Waals surface area contributed by atoms with Gasteiger partial charge in [0.25, 0.3) is 0 Å². The fourth-order valence-electron chi connectivity index (χ4n) is 2.38. The Morgan fingerprint density at radius 2 is 1.88 bits per heavy atom. The van der Waals surface area contributed by atoms with Gasteiger partial charge in [0.1, 0.15) is 0 Å². The first-order valence-corrected chi connectivity index (χ1v) is 9.50. The summed E-state index contributed by atoms with van der Waals surface area (Å²) in [4.78, 5) is 5.55. The fraction of sp³-hybridized carbons (Fsp3) is 0.421. The Balaban J connectivity index is 1.84. The molecule has 0 bridgehead atoms. The number of guanidine groups is 1. The first-order chi connectivity index (χ1) is 12.3. The Morgan fingerprint density at radius 3 is 2.56 bits per heavy atom. The molecule has 0 amide bonds. The van der Waals surface area contributed by atoms with Crippen molar-refractivity contribution < 1.29 is 9.47 Å². The van der Waals surface area contributed by atoms with Gasteiger partial charge in [-0.1, -0.05) is 12.1 Å². The lowest BCUT2D eigenvalue weighted by atomic mass is 10.1. The fourth-order valence-corrected chi connectivity index (χ4v) is 3.03. The van der Waals surface area contributed by atoms with Gasteiger partial charge >= 0.3 is 0 Å². The molecule has 2 N–H and O–H groups in total. The number of nitrogens with zero attached hydrogens (tertiary/aromatic N) is 1. The number of rotatable bonds is 9. The molecule has 5 nitrogen and oxygen atoms in total. The van der Waals surface area contributed by atoms with E-state index in [-0.39, 0.29) is 0 Å². The molecule has 0 fully saturated rings. The van der Waals surface area contributed by atoms with Crippen LogP contribution in [0.2, 0.25) is 0 Å². The van der Waals surface area contributed by atoms with Crippen molar-refractivity contribution >= 4 is 17.3 Å². The van der Waals surface area contributed by atoms with Crippen LogP contribution in [0.4, 0.5) is 0 Å². The van der Waals surface area contributed by atoms with Crippen LogP contribution in [0.3, 0.4) is 0 Å². The lowest BCUT2D eigenvalue weighted by Crippen LogP contribution is -2.37. The van der Waals surface area contributed by atoms with E-state index in [0.717, 1.165) is 37.0 Å². The van der Waals surface area contributed by atoms with Gasteiger partial charge in [0, 0.05) is 18.5 Å². The van der Waals surface area contributed by atoms with E-state index in [1.54, 1.807) is 18.4 Å². The summed E-state index contributed by atoms with van der Waals surface area (Å²) in [5.41, 5.74) is 1.20. The maximum Gasteiger partial charge on any atom is 0.191 e. The van der Waals surface area contributed by atoms with Gasteiger partial charge in [-0.3, -0.25) is 4.99 Å². The number of thiophene rings is 1. The largest absolute Gasteiger partial charge is 0.490 e. The molecule has 1 aromatic carbocycles. The molecule has 2 aromatic rings. The van der Waals surface area contributed by atoms with Crippen molar-refractivity contribution in [3.63, 3.8) is 0 Å². The van der Waals surface area contributed by atoms with E-state index >= 15 is 0 Å². The lowest BCUT2D eigenvalue weighted by molar-refractivity contribution is 0.287. The van der Waals surface area contributed by atoms with E-state index in [0.29, 0.717) is 13.2 Å². The van der Waals surface area contributed by atoms with Gasteiger partial charge in [0.05, 0.1) is 19.8 Å². The van der Waals surface area contributed by atoms with Crippen molar-refractivity contribution in [1.82, 2.24) is 10.6 Å². The highest BCUT2D eigenvalue weighted by molar-refractivity contribution is 7.09. The molecule has 1 heterocycles. The molecule has 0 spiro atoms. The third kappa shape index (κ3) is 6.31. The maximum absolute atomic E-state index is 5.68. The third-order valence-corrected chi connectivity index (χ3v) is 4.42. The zero-order valence-electron chi connectivity index (χ0n) is 15.2. The molecule has 6 heteroatoms. The van der Waals surface area contributed by atoms with Crippen molar-refractivity contribution in [2.24, 2.45) is 4.99 Å². The second kappa shape index (κ2) is 10.6. The number of ether oxygens (including phenoxy) is 2. The quantitative estimate of drug-likeness (QED) is 0.531. The highest BCUT2D eigenvalue weighted by Gasteiger charge is 2.06. The smallest absolute Gasteiger partial charge is 0.191 e. The summed E-state index contributed by atoms with van der Waals surface area (Å²) in [5, 5.41) is 8.74. The molecular formula is C19H27N3O2S. The van der Waals surface area contributed by atoms with E-state index in [9.17, 15) is 0 Å². The first kappa shape index (κ1) is 19.1. The number of aliphatic imine (C=N–C) groups is 1. The predicted octanol–water partition coefficient (Wildman–Crippen LogP) is 3.45. The number of benzene rings is 1. The maximum atomic E-state index is 5.68. The summed E-state index contributed by atoms with van der Waals surface area (Å²) in [5.74, 6) is 2.42. The highest BCUT2D eigenvalue weighted by atomic mass is 32.1. The second-order valence-electron chi connectivity index (χ2n) is 5.33. The molecular weight excluding hydrogens is 334 g/mol. The molecule has 2 rings (SSSR count). The van der Waals surface area contributed by atoms with Crippen LogP contribution in [0.5, 0.6) is 11.5 Å². The Hall–Kier alpha value is -2.21. The normalized spacial score (nSPS) is 11.2. The summed E-state index contributed by atoms with van der Waals surface area (Å²) in [6, 6.07) is 10.3. The van der Waals surface area contributed by atoms with E-state index in [2.05, 4.69) is 45.3 Å². The minimum absolute atomic E-state index is 0.626. The molecule has 0 aliphatic heterocycles. The van der Waals surface area contributed by atoms with Crippen LogP contribution >= 0.6 is 11.3 Å². The number of nitrogens with one attached hydrogen (secondary N) is 2. The highest BCUT2D eigenvalue weighted by Crippen LogP contribution is 2.28. The average molecular weight is 362 g/mol. The molecule has 0 atom stereocenters. The summed E-state index contributed by atoms with van der Waals surface area (Å²) in [7, 11) is 1.79. The topological polar surface area (TPSA) is 54.9 Å². The van der Waals surface area contributed by atoms with E-state index in [1.165, 1.54) is 10.4 Å². The average Bonchev–Trinajstić information content (AvgIpc) is 3.14. The van der Waals surface area contributed by atoms with Crippen molar-refractivity contribution in [2.75, 3.05) is 26.8 Å². The molecule has 0 unspecified atom stereocenters. The van der Waals surface area contributed by atoms with E-state index in [4.69, 9.17) is 9.47 Å². The Bertz CT molecular complexity index is 657. The number of hydrogen-bond donors (Lipinski definition) is 2. The molecule has 1 aromatic heterocycles. The molecule has 0 saturated heterocycles. The number of hydrogen-bond acceptors (Lipinski definition) is 4. The molecule has 136 valence electrons. The van der Waals surface area contributed by atoms with Crippen LogP contribution in [0.25, 0.3) is 0 Å². The van der Waals surface area contributed by atoms with Crippen molar-refractivity contribution in [3.05, 3.63) is 46.2 Å². The monoisotopic (exact) mass is 361 g/mol. The minimum atomic E-state index is 0.626.